The van der Waals surface area contributed by atoms with E-state index >= 15 is 0 Å². The summed E-state index contributed by atoms with van der Waals surface area (Å²) in [6, 6.07) is 15.9. The first kappa shape index (κ1) is 16.5. The van der Waals surface area contributed by atoms with Crippen LogP contribution < -0.4 is 4.90 Å². The van der Waals surface area contributed by atoms with E-state index in [9.17, 15) is 4.79 Å². The number of hydrogen-bond acceptors (Lipinski definition) is 6. The highest BCUT2D eigenvalue weighted by Gasteiger charge is 2.24. The van der Waals surface area contributed by atoms with Crippen LogP contribution in [0, 0.1) is 0 Å². The number of carbonyl (C=O) groups is 1. The summed E-state index contributed by atoms with van der Waals surface area (Å²) in [4.78, 5) is 15.7. The van der Waals surface area contributed by atoms with Crippen molar-refractivity contribution in [3.8, 4) is 10.6 Å². The number of amides is 1. The quantitative estimate of drug-likeness (QED) is 0.496. The van der Waals surface area contributed by atoms with Crippen LogP contribution in [0.2, 0.25) is 0 Å². The van der Waals surface area contributed by atoms with Gasteiger partial charge in [-0.25, -0.2) is 0 Å². The molecule has 0 bridgehead atoms. The monoisotopic (exact) mass is 393 g/mol. The molecule has 0 N–H and O–H groups in total. The second-order valence-corrected chi connectivity index (χ2v) is 8.05. The van der Waals surface area contributed by atoms with Crippen LogP contribution in [0.5, 0.6) is 0 Å². The van der Waals surface area contributed by atoms with E-state index in [-0.39, 0.29) is 5.91 Å². The zero-order valence-electron chi connectivity index (χ0n) is 14.3. The SMILES string of the molecule is O=C(CSc1nnc2ccc(-c3cccs3)nn12)N1CCc2ccccc21. The molecule has 1 aromatic carbocycles. The van der Waals surface area contributed by atoms with Gasteiger partial charge in [-0.15, -0.1) is 21.5 Å². The summed E-state index contributed by atoms with van der Waals surface area (Å²) in [5.41, 5.74) is 3.80. The summed E-state index contributed by atoms with van der Waals surface area (Å²) < 4.78 is 1.71. The van der Waals surface area contributed by atoms with Gasteiger partial charge in [0.2, 0.25) is 11.1 Å². The number of para-hydroxylation sites is 1. The van der Waals surface area contributed by atoms with Crippen molar-refractivity contribution >= 4 is 40.3 Å². The number of thiophene rings is 1. The Morgan fingerprint density at radius 1 is 1.11 bits per heavy atom. The topological polar surface area (TPSA) is 63.4 Å². The first-order chi connectivity index (χ1) is 13.3. The molecule has 5 rings (SSSR count). The summed E-state index contributed by atoms with van der Waals surface area (Å²) in [5.74, 6) is 0.385. The maximum absolute atomic E-state index is 12.7. The lowest BCUT2D eigenvalue weighted by atomic mass is 10.2. The van der Waals surface area contributed by atoms with Gasteiger partial charge in [0.25, 0.3) is 0 Å². The van der Waals surface area contributed by atoms with Crippen LogP contribution in [0.1, 0.15) is 5.56 Å². The Morgan fingerprint density at radius 3 is 2.93 bits per heavy atom. The lowest BCUT2D eigenvalue weighted by Crippen LogP contribution is -2.30. The molecule has 0 saturated carbocycles. The number of hydrogen-bond donors (Lipinski definition) is 0. The Bertz CT molecular complexity index is 1120. The Balaban J connectivity index is 1.36. The van der Waals surface area contributed by atoms with Gasteiger partial charge < -0.3 is 4.90 Å². The molecule has 0 unspecified atom stereocenters. The van der Waals surface area contributed by atoms with Crippen molar-refractivity contribution in [2.24, 2.45) is 0 Å². The van der Waals surface area contributed by atoms with E-state index in [1.165, 1.54) is 17.3 Å². The fraction of sp³-hybridized carbons (Fsp3) is 0.158. The van der Waals surface area contributed by atoms with Crippen LogP contribution >= 0.6 is 23.1 Å². The molecule has 4 aromatic rings. The van der Waals surface area contributed by atoms with Gasteiger partial charge >= 0.3 is 0 Å². The standard InChI is InChI=1S/C19H15N5OS2/c25-18(23-10-9-13-4-1-2-5-15(13)23)12-27-19-21-20-17-8-7-14(22-24(17)19)16-6-3-11-26-16/h1-8,11H,9-10,12H2. The van der Waals surface area contributed by atoms with E-state index < -0.39 is 0 Å². The molecule has 3 aromatic heterocycles. The van der Waals surface area contributed by atoms with Crippen molar-refractivity contribution < 1.29 is 4.79 Å². The lowest BCUT2D eigenvalue weighted by Gasteiger charge is -2.16. The van der Waals surface area contributed by atoms with Gasteiger partial charge in [-0.2, -0.15) is 9.61 Å². The Kier molecular flexibility index (Phi) is 4.14. The fourth-order valence-corrected chi connectivity index (χ4v) is 4.67. The van der Waals surface area contributed by atoms with Crippen LogP contribution in [0.4, 0.5) is 5.69 Å². The molecule has 0 spiro atoms. The number of rotatable bonds is 4. The second kappa shape index (κ2) is 6.79. The predicted octanol–water partition coefficient (Wildman–Crippen LogP) is 3.53. The fourth-order valence-electron chi connectivity index (χ4n) is 3.22. The van der Waals surface area contributed by atoms with Crippen molar-refractivity contribution in [3.05, 3.63) is 59.5 Å². The Morgan fingerprint density at radius 2 is 2.04 bits per heavy atom. The third-order valence-corrected chi connectivity index (χ3v) is 6.32. The van der Waals surface area contributed by atoms with Crippen molar-refractivity contribution in [3.63, 3.8) is 0 Å². The van der Waals surface area contributed by atoms with E-state index in [0.717, 1.165) is 29.2 Å². The number of nitrogens with zero attached hydrogens (tertiary/aromatic N) is 5. The van der Waals surface area contributed by atoms with Gasteiger partial charge in [-0.05, 0) is 41.6 Å². The molecule has 27 heavy (non-hydrogen) atoms. The van der Waals surface area contributed by atoms with E-state index in [1.807, 2.05) is 52.7 Å². The highest BCUT2D eigenvalue weighted by molar-refractivity contribution is 7.99. The lowest BCUT2D eigenvalue weighted by molar-refractivity contribution is -0.116. The van der Waals surface area contributed by atoms with Crippen LogP contribution in [-0.4, -0.2) is 38.0 Å². The van der Waals surface area contributed by atoms with Crippen molar-refractivity contribution in [2.75, 3.05) is 17.2 Å². The van der Waals surface area contributed by atoms with Crippen LogP contribution in [-0.2, 0) is 11.2 Å². The number of anilines is 1. The Labute approximate surface area is 163 Å². The minimum absolute atomic E-state index is 0.0797. The van der Waals surface area contributed by atoms with Gasteiger partial charge in [0.1, 0.15) is 5.69 Å². The smallest absolute Gasteiger partial charge is 0.237 e. The molecule has 0 aliphatic carbocycles. The van der Waals surface area contributed by atoms with Crippen molar-refractivity contribution in [1.29, 1.82) is 0 Å². The molecule has 6 nitrogen and oxygen atoms in total. The highest BCUT2D eigenvalue weighted by atomic mass is 32.2. The predicted molar refractivity (Wildman–Crippen MR) is 107 cm³/mol. The largest absolute Gasteiger partial charge is 0.311 e. The summed E-state index contributed by atoms with van der Waals surface area (Å²) in [6.45, 7) is 0.736. The van der Waals surface area contributed by atoms with Gasteiger partial charge in [-0.3, -0.25) is 4.79 Å². The maximum atomic E-state index is 12.7. The minimum atomic E-state index is 0.0797. The van der Waals surface area contributed by atoms with Crippen molar-refractivity contribution in [2.45, 2.75) is 11.6 Å². The molecule has 134 valence electrons. The summed E-state index contributed by atoms with van der Waals surface area (Å²) in [6.07, 6.45) is 0.909. The summed E-state index contributed by atoms with van der Waals surface area (Å²) in [7, 11) is 0. The molecule has 1 aliphatic heterocycles. The van der Waals surface area contributed by atoms with Crippen LogP contribution in [0.25, 0.3) is 16.2 Å². The molecule has 8 heteroatoms. The summed E-state index contributed by atoms with van der Waals surface area (Å²) >= 11 is 3.01. The van der Waals surface area contributed by atoms with Crippen LogP contribution in [0.3, 0.4) is 0 Å². The average Bonchev–Trinajstić information content (AvgIpc) is 3.45. The number of carbonyl (C=O) groups excluding carboxylic acids is 1. The summed E-state index contributed by atoms with van der Waals surface area (Å²) in [5, 5.41) is 15.7. The first-order valence-corrected chi connectivity index (χ1v) is 10.4. The van der Waals surface area contributed by atoms with Gasteiger partial charge in [0, 0.05) is 12.2 Å². The zero-order chi connectivity index (χ0) is 18.2. The number of benzene rings is 1. The third kappa shape index (κ3) is 3.00. The van der Waals surface area contributed by atoms with E-state index in [0.29, 0.717) is 16.6 Å². The zero-order valence-corrected chi connectivity index (χ0v) is 15.9. The molecule has 1 aliphatic rings. The second-order valence-electron chi connectivity index (χ2n) is 6.16. The average molecular weight is 393 g/mol. The number of fused-ring (bicyclic) bond motifs is 2. The maximum Gasteiger partial charge on any atom is 0.237 e. The third-order valence-electron chi connectivity index (χ3n) is 4.52. The normalized spacial score (nSPS) is 13.3. The van der Waals surface area contributed by atoms with Gasteiger partial charge in [0.05, 0.1) is 10.6 Å². The number of aromatic nitrogens is 4. The highest BCUT2D eigenvalue weighted by Crippen LogP contribution is 2.29. The van der Waals surface area contributed by atoms with Gasteiger partial charge in [0.15, 0.2) is 5.65 Å². The molecule has 1 amide bonds. The van der Waals surface area contributed by atoms with E-state index in [2.05, 4.69) is 21.4 Å². The molecule has 0 radical (unpaired) electrons. The first-order valence-electron chi connectivity index (χ1n) is 8.57. The molecular formula is C19H15N5OS2. The van der Waals surface area contributed by atoms with Gasteiger partial charge in [-0.1, -0.05) is 36.0 Å². The molecular weight excluding hydrogens is 378 g/mol. The molecule has 0 atom stereocenters. The molecule has 0 saturated heterocycles. The van der Waals surface area contributed by atoms with Crippen LogP contribution in [0.15, 0.2) is 59.1 Å². The van der Waals surface area contributed by atoms with Crippen molar-refractivity contribution in [1.82, 2.24) is 19.8 Å². The number of thioether (sulfide) groups is 1. The van der Waals surface area contributed by atoms with E-state index in [4.69, 9.17) is 0 Å². The Hall–Kier alpha value is -2.71. The molecule has 4 heterocycles. The molecule has 0 fully saturated rings. The van der Waals surface area contributed by atoms with E-state index in [1.54, 1.807) is 15.9 Å². The minimum Gasteiger partial charge on any atom is -0.311 e.